The number of hydrogen-bond acceptors (Lipinski definition) is 4. The van der Waals surface area contributed by atoms with Crippen molar-refractivity contribution < 1.29 is 8.42 Å². The third-order valence-electron chi connectivity index (χ3n) is 3.68. The van der Waals surface area contributed by atoms with Crippen molar-refractivity contribution in [2.45, 2.75) is 50.5 Å². The van der Waals surface area contributed by atoms with E-state index in [-0.39, 0.29) is 10.4 Å². The SMILES string of the molecule is CCC(CC)(CC)NS(=O)(=O)c1ccc(NC)nc1. The van der Waals surface area contributed by atoms with Crippen molar-refractivity contribution in [3.8, 4) is 0 Å². The lowest BCUT2D eigenvalue weighted by molar-refractivity contribution is 0.341. The van der Waals surface area contributed by atoms with E-state index in [4.69, 9.17) is 0 Å². The molecule has 5 nitrogen and oxygen atoms in total. The number of anilines is 1. The average Bonchev–Trinajstić information content (AvgIpc) is 2.45. The molecule has 108 valence electrons. The highest BCUT2D eigenvalue weighted by atomic mass is 32.2. The zero-order valence-corrected chi connectivity index (χ0v) is 12.8. The van der Waals surface area contributed by atoms with Crippen molar-refractivity contribution in [1.29, 1.82) is 0 Å². The van der Waals surface area contributed by atoms with E-state index in [1.165, 1.54) is 6.20 Å². The van der Waals surface area contributed by atoms with Crippen LogP contribution in [0.1, 0.15) is 40.0 Å². The molecule has 0 spiro atoms. The van der Waals surface area contributed by atoms with Crippen molar-refractivity contribution in [1.82, 2.24) is 9.71 Å². The second-order valence-corrected chi connectivity index (χ2v) is 6.26. The van der Waals surface area contributed by atoms with Gasteiger partial charge < -0.3 is 5.32 Å². The highest BCUT2D eigenvalue weighted by Crippen LogP contribution is 2.23. The fourth-order valence-electron chi connectivity index (χ4n) is 2.00. The van der Waals surface area contributed by atoms with Gasteiger partial charge in [0.1, 0.15) is 10.7 Å². The molecule has 2 N–H and O–H groups in total. The number of nitrogens with zero attached hydrogens (tertiary/aromatic N) is 1. The van der Waals surface area contributed by atoms with Crippen molar-refractivity contribution in [2.24, 2.45) is 0 Å². The first-order chi connectivity index (χ1) is 8.93. The molecule has 1 heterocycles. The molecule has 6 heteroatoms. The summed E-state index contributed by atoms with van der Waals surface area (Å²) < 4.78 is 27.5. The van der Waals surface area contributed by atoms with Crippen molar-refractivity contribution >= 4 is 15.8 Å². The van der Waals surface area contributed by atoms with Gasteiger partial charge in [-0.15, -0.1) is 0 Å². The second kappa shape index (κ2) is 6.34. The van der Waals surface area contributed by atoms with Gasteiger partial charge in [-0.05, 0) is 31.4 Å². The van der Waals surface area contributed by atoms with Gasteiger partial charge in [-0.25, -0.2) is 18.1 Å². The Morgan fingerprint density at radius 3 is 2.11 bits per heavy atom. The molecule has 19 heavy (non-hydrogen) atoms. The second-order valence-electron chi connectivity index (χ2n) is 4.58. The molecule has 0 atom stereocenters. The summed E-state index contributed by atoms with van der Waals surface area (Å²) in [6, 6.07) is 3.22. The Kier molecular flexibility index (Phi) is 5.31. The van der Waals surface area contributed by atoms with E-state index < -0.39 is 10.0 Å². The van der Waals surface area contributed by atoms with Crippen LogP contribution in [0.2, 0.25) is 0 Å². The molecule has 1 aromatic heterocycles. The lowest BCUT2D eigenvalue weighted by Crippen LogP contribution is -2.46. The van der Waals surface area contributed by atoms with Crippen LogP contribution in [0.15, 0.2) is 23.2 Å². The van der Waals surface area contributed by atoms with Crippen LogP contribution in [0.3, 0.4) is 0 Å². The van der Waals surface area contributed by atoms with Crippen LogP contribution >= 0.6 is 0 Å². The molecule has 0 aliphatic heterocycles. The maximum Gasteiger partial charge on any atom is 0.242 e. The predicted octanol–water partition coefficient (Wildman–Crippen LogP) is 2.37. The van der Waals surface area contributed by atoms with Crippen molar-refractivity contribution in [3.63, 3.8) is 0 Å². The lowest BCUT2D eigenvalue weighted by atomic mass is 9.91. The Bertz CT molecular complexity index is 485. The molecule has 0 amide bonds. The molecule has 0 aliphatic rings. The molecule has 0 bridgehead atoms. The summed E-state index contributed by atoms with van der Waals surface area (Å²) >= 11 is 0. The Morgan fingerprint density at radius 2 is 1.74 bits per heavy atom. The van der Waals surface area contributed by atoms with Gasteiger partial charge in [-0.1, -0.05) is 20.8 Å². The number of hydrogen-bond donors (Lipinski definition) is 2. The van der Waals surface area contributed by atoms with Gasteiger partial charge in [0.25, 0.3) is 0 Å². The molecule has 1 aromatic rings. The van der Waals surface area contributed by atoms with Gasteiger partial charge in [0.05, 0.1) is 0 Å². The van der Waals surface area contributed by atoms with Gasteiger partial charge in [0.2, 0.25) is 10.0 Å². The maximum absolute atomic E-state index is 12.4. The highest BCUT2D eigenvalue weighted by Gasteiger charge is 2.30. The molecule has 1 rings (SSSR count). The zero-order chi connectivity index (χ0) is 14.5. The number of nitrogens with one attached hydrogen (secondary N) is 2. The van der Waals surface area contributed by atoms with Crippen LogP contribution in [-0.2, 0) is 10.0 Å². The minimum Gasteiger partial charge on any atom is -0.373 e. The normalized spacial score (nSPS) is 12.4. The third kappa shape index (κ3) is 3.67. The summed E-state index contributed by atoms with van der Waals surface area (Å²) in [5.41, 5.74) is -0.374. The summed E-state index contributed by atoms with van der Waals surface area (Å²) in [5, 5.41) is 2.86. The van der Waals surface area contributed by atoms with E-state index in [1.54, 1.807) is 19.2 Å². The standard InChI is InChI=1S/C13H23N3O2S/c1-5-13(6-2,7-3)16-19(17,18)11-8-9-12(14-4)15-10-11/h8-10,16H,5-7H2,1-4H3,(H,14,15). The Balaban J connectivity index is 3.03. The third-order valence-corrected chi connectivity index (χ3v) is 5.25. The minimum atomic E-state index is -3.52. The molecule has 0 fully saturated rings. The van der Waals surface area contributed by atoms with Crippen LogP contribution in [0, 0.1) is 0 Å². The van der Waals surface area contributed by atoms with Crippen LogP contribution < -0.4 is 10.0 Å². The molecular weight excluding hydrogens is 262 g/mol. The van der Waals surface area contributed by atoms with Gasteiger partial charge >= 0.3 is 0 Å². The van der Waals surface area contributed by atoms with Crippen LogP contribution in [0.25, 0.3) is 0 Å². The summed E-state index contributed by atoms with van der Waals surface area (Å²) in [7, 11) is -1.78. The van der Waals surface area contributed by atoms with E-state index in [0.29, 0.717) is 5.82 Å². The number of sulfonamides is 1. The van der Waals surface area contributed by atoms with E-state index in [9.17, 15) is 8.42 Å². The molecule has 0 radical (unpaired) electrons. The first-order valence-electron chi connectivity index (χ1n) is 6.60. The molecule has 0 aliphatic carbocycles. The van der Waals surface area contributed by atoms with Crippen LogP contribution in [0.4, 0.5) is 5.82 Å². The van der Waals surface area contributed by atoms with E-state index in [0.717, 1.165) is 19.3 Å². The number of rotatable bonds is 7. The first kappa shape index (κ1) is 15.9. The Labute approximate surface area is 115 Å². The number of pyridine rings is 1. The molecule has 0 saturated carbocycles. The molecular formula is C13H23N3O2S. The maximum atomic E-state index is 12.4. The summed E-state index contributed by atoms with van der Waals surface area (Å²) in [5.74, 6) is 0.645. The minimum absolute atomic E-state index is 0.200. The molecule has 0 aromatic carbocycles. The van der Waals surface area contributed by atoms with Crippen LogP contribution in [-0.4, -0.2) is 26.0 Å². The van der Waals surface area contributed by atoms with E-state index in [2.05, 4.69) is 15.0 Å². The largest absolute Gasteiger partial charge is 0.373 e. The predicted molar refractivity (Wildman–Crippen MR) is 77.7 cm³/mol. The smallest absolute Gasteiger partial charge is 0.242 e. The van der Waals surface area contributed by atoms with E-state index in [1.807, 2.05) is 20.8 Å². The van der Waals surface area contributed by atoms with Crippen molar-refractivity contribution in [3.05, 3.63) is 18.3 Å². The number of aromatic nitrogens is 1. The topological polar surface area (TPSA) is 71.1 Å². The lowest BCUT2D eigenvalue weighted by Gasteiger charge is -2.31. The van der Waals surface area contributed by atoms with Crippen LogP contribution in [0.5, 0.6) is 0 Å². The van der Waals surface area contributed by atoms with E-state index >= 15 is 0 Å². The Morgan fingerprint density at radius 1 is 1.16 bits per heavy atom. The fraction of sp³-hybridized carbons (Fsp3) is 0.615. The molecule has 0 unspecified atom stereocenters. The summed E-state index contributed by atoms with van der Waals surface area (Å²) in [4.78, 5) is 4.24. The zero-order valence-electron chi connectivity index (χ0n) is 12.0. The first-order valence-corrected chi connectivity index (χ1v) is 8.09. The highest BCUT2D eigenvalue weighted by molar-refractivity contribution is 7.89. The van der Waals surface area contributed by atoms with Gasteiger partial charge in [-0.2, -0.15) is 0 Å². The quantitative estimate of drug-likeness (QED) is 0.807. The fourth-order valence-corrected chi connectivity index (χ4v) is 3.56. The van der Waals surface area contributed by atoms with Gasteiger partial charge in [0.15, 0.2) is 0 Å². The van der Waals surface area contributed by atoms with Gasteiger partial charge in [0, 0.05) is 18.8 Å². The average molecular weight is 285 g/mol. The summed E-state index contributed by atoms with van der Waals surface area (Å²) in [6.45, 7) is 5.99. The summed E-state index contributed by atoms with van der Waals surface area (Å²) in [6.07, 6.45) is 3.67. The van der Waals surface area contributed by atoms with Gasteiger partial charge in [-0.3, -0.25) is 0 Å². The Hall–Kier alpha value is -1.14. The van der Waals surface area contributed by atoms with Crippen molar-refractivity contribution in [2.75, 3.05) is 12.4 Å². The monoisotopic (exact) mass is 285 g/mol. The molecule has 0 saturated heterocycles.